The molecule has 0 unspecified atom stereocenters. The number of piperazine rings is 3. The average Bonchev–Trinajstić information content (AvgIpc) is 1.48. The molecule has 4 fully saturated rings. The lowest BCUT2D eigenvalue weighted by molar-refractivity contribution is -0.511. The lowest BCUT2D eigenvalue weighted by Crippen LogP contribution is -2.55. The highest BCUT2D eigenvalue weighted by molar-refractivity contribution is 7.87. The van der Waals surface area contributed by atoms with Gasteiger partial charge < -0.3 is 58.4 Å². The lowest BCUT2D eigenvalue weighted by atomic mass is 10.2. The summed E-state index contributed by atoms with van der Waals surface area (Å²) in [4.78, 5) is 91.3. The van der Waals surface area contributed by atoms with Gasteiger partial charge in [-0.15, -0.1) is 8.42 Å². The molecule has 0 atom stereocenters. The van der Waals surface area contributed by atoms with Gasteiger partial charge in [0.05, 0.1) is 13.2 Å². The largest absolute Gasteiger partial charge is 0.594 e. The number of nitrogens with two attached hydrogens (primary N) is 1. The smallest absolute Gasteiger partial charge is 0.533 e. The van der Waals surface area contributed by atoms with Crippen LogP contribution in [-0.2, 0) is 73.5 Å². The Labute approximate surface area is 552 Å². The molecule has 1 aromatic rings. The number of hydrogen-bond donors (Lipinski definition) is 3. The van der Waals surface area contributed by atoms with E-state index in [1.165, 1.54) is 26.5 Å². The van der Waals surface area contributed by atoms with Gasteiger partial charge in [-0.1, -0.05) is 73.5 Å². The second-order valence-electron chi connectivity index (χ2n) is 28.0. The van der Waals surface area contributed by atoms with Gasteiger partial charge in [-0.2, -0.15) is 25.4 Å². The average molecular weight is 1420 g/mol. The van der Waals surface area contributed by atoms with Gasteiger partial charge in [0.1, 0.15) is 16.8 Å². The Balaban J connectivity index is 0.000000588. The number of rotatable bonds is 13. The van der Waals surface area contributed by atoms with Crippen LogP contribution >= 0.6 is 0 Å². The van der Waals surface area contributed by atoms with Crippen LogP contribution in [0.3, 0.4) is 0 Å². The standard InChI is InChI=1S/C14H27N3O6S.C12H19N3O4S.C10H23N3O4SSi.C10H17NO5Si.C9H18N2O2/c1-13(2,3)22-11(18)15-24(20,21)17-9-7-16(8-10-17)12(19)23-14(4,5)6;1-12(2,3)19-11(16)13-20(17,18)15-8-6-10(7-9-15)14(4)5;1-19(2,3)9-8-17-10(14)12-4-6-13(7-5-12)18(11,15)16;1-17(2,3)7-6-15-10(14)16-11-8(12)4-5-9(11)13;1-9(2,3)13-8(12)11-6-4-10-5-7-11/h7-10H2,1-6H3,(H,15,18);6-9H,1-5H3;4-9H2,1-3H3,(H2,11,15,16);4-7H2,1-3H3;10H,4-7H2,1-3H3. The predicted molar refractivity (Wildman–Crippen MR) is 349 cm³/mol. The normalized spacial score (nSPS) is 16.6. The van der Waals surface area contributed by atoms with E-state index in [1.54, 1.807) is 79.3 Å². The van der Waals surface area contributed by atoms with Gasteiger partial charge in [-0.05, 0) is 74.4 Å². The number of hydrogen-bond acceptors (Lipinski definition) is 23. The minimum absolute atomic E-state index is 0.0668. The number of aromatic nitrogens is 1. The molecule has 536 valence electrons. The van der Waals surface area contributed by atoms with Crippen LogP contribution in [0.15, 0.2) is 28.9 Å². The third-order valence-electron chi connectivity index (χ3n) is 11.9. The van der Waals surface area contributed by atoms with Crippen molar-refractivity contribution in [1.82, 2.24) is 38.4 Å². The van der Waals surface area contributed by atoms with Crippen LogP contribution in [0.5, 0.6) is 0 Å². The van der Waals surface area contributed by atoms with Crippen LogP contribution < -0.4 is 29.2 Å². The van der Waals surface area contributed by atoms with Crippen molar-refractivity contribution in [3.8, 4) is 0 Å². The van der Waals surface area contributed by atoms with E-state index in [1.807, 2.05) is 44.5 Å². The fourth-order valence-corrected chi connectivity index (χ4v) is 11.1. The van der Waals surface area contributed by atoms with E-state index >= 15 is 0 Å². The number of nitrogens with one attached hydrogen (secondary N) is 2. The van der Waals surface area contributed by atoms with Crippen molar-refractivity contribution in [1.29, 1.82) is 0 Å². The molecule has 4 N–H and O–H groups in total. The molecule has 93 heavy (non-hydrogen) atoms. The maximum atomic E-state index is 12.2. The summed E-state index contributed by atoms with van der Waals surface area (Å²) in [6.07, 6.45) is -1.41. The van der Waals surface area contributed by atoms with Gasteiger partial charge >= 0.3 is 50.9 Å². The van der Waals surface area contributed by atoms with Crippen molar-refractivity contribution in [2.75, 3.05) is 111 Å². The second kappa shape index (κ2) is 36.1. The first kappa shape index (κ1) is 84.8. The number of nitrogens with zero attached hydrogens (tertiary/aromatic N) is 9. The Kier molecular flexibility index (Phi) is 32.9. The summed E-state index contributed by atoms with van der Waals surface area (Å²) in [6, 6.07) is 4.93. The van der Waals surface area contributed by atoms with E-state index < -0.39 is 99.8 Å². The van der Waals surface area contributed by atoms with Crippen molar-refractivity contribution in [3.05, 3.63) is 24.5 Å². The van der Waals surface area contributed by atoms with Gasteiger partial charge in [0, 0.05) is 145 Å². The molecule has 1 aromatic heterocycles. The highest BCUT2D eigenvalue weighted by atomic mass is 32.2. The lowest BCUT2D eigenvalue weighted by Gasteiger charge is -2.34. The van der Waals surface area contributed by atoms with Gasteiger partial charge in [0.25, 0.3) is 22.0 Å². The molecule has 4 aliphatic rings. The van der Waals surface area contributed by atoms with Gasteiger partial charge in [0.2, 0.25) is 0 Å². The summed E-state index contributed by atoms with van der Waals surface area (Å²) in [5.41, 5.74) is -1.76. The molecule has 0 bridgehead atoms. The maximum absolute atomic E-state index is 12.2. The summed E-state index contributed by atoms with van der Waals surface area (Å²) in [5.74, 6) is -1.01. The van der Waals surface area contributed by atoms with Crippen LogP contribution in [-0.4, -0.2) is 246 Å². The first-order chi connectivity index (χ1) is 42.1. The number of carbonyl (C=O) groups is 7. The first-order valence-electron chi connectivity index (χ1n) is 30.1. The summed E-state index contributed by atoms with van der Waals surface area (Å²) in [5, 5.41) is 20.1. The van der Waals surface area contributed by atoms with Crippen LogP contribution in [0.2, 0.25) is 51.4 Å². The van der Waals surface area contributed by atoms with Crippen LogP contribution in [0.25, 0.3) is 0 Å². The van der Waals surface area contributed by atoms with Gasteiger partial charge in [-0.3, -0.25) is 14.4 Å². The zero-order valence-electron chi connectivity index (χ0n) is 57.9. The van der Waals surface area contributed by atoms with Crippen molar-refractivity contribution in [3.63, 3.8) is 0 Å². The highest BCUT2D eigenvalue weighted by Crippen LogP contribution is 2.18. The first-order valence-corrected chi connectivity index (χ1v) is 41.8. The third kappa shape index (κ3) is 37.5. The van der Waals surface area contributed by atoms with E-state index in [9.17, 15) is 63.9 Å². The molecular weight excluding hydrogens is 1320 g/mol. The SMILES string of the molecule is CC(C)(C)OC(=O)N1CCNCC1.CC(C)(C)OC(=O)NS(=O)(=O)N1CCN(C(=O)OC(C)(C)C)CC1.CN(C)c1cc[n+](S(=O)(=O)N=C([O-])OC(C)(C)C)cc1.C[Si](C)(C)CCOC(=O)N1CCN(S(N)(=O)=O)CC1.C[Si](C)(C)CCOC(=O)ON1C(=O)CCC1=O. The van der Waals surface area contributed by atoms with E-state index in [-0.39, 0.29) is 76.5 Å². The Morgan fingerprint density at radius 1 is 0.602 bits per heavy atom. The van der Waals surface area contributed by atoms with Crippen molar-refractivity contribution < 1.29 is 101 Å². The topological polar surface area (TPSA) is 399 Å². The van der Waals surface area contributed by atoms with E-state index in [0.717, 1.165) is 52.2 Å². The summed E-state index contributed by atoms with van der Waals surface area (Å²) in [7, 11) is -10.6. The Morgan fingerprint density at radius 2 is 0.989 bits per heavy atom. The molecule has 0 aromatic carbocycles. The van der Waals surface area contributed by atoms with Gasteiger partial charge in [-0.25, -0.2) is 33.8 Å². The number of pyridine rings is 1. The fraction of sp³-hybridized carbons (Fsp3) is 0.764. The molecule has 33 nitrogen and oxygen atoms in total. The zero-order valence-corrected chi connectivity index (χ0v) is 62.4. The fourth-order valence-electron chi connectivity index (χ4n) is 7.22. The van der Waals surface area contributed by atoms with Crippen LogP contribution in [0, 0.1) is 0 Å². The van der Waals surface area contributed by atoms with E-state index in [2.05, 4.69) is 53.8 Å². The molecule has 0 aliphatic carbocycles. The molecule has 4 aliphatic heterocycles. The number of anilines is 1. The molecule has 38 heteroatoms. The molecule has 0 spiro atoms. The van der Waals surface area contributed by atoms with Crippen molar-refractivity contribution in [2.24, 2.45) is 9.54 Å². The van der Waals surface area contributed by atoms with E-state index in [4.69, 9.17) is 33.6 Å². The summed E-state index contributed by atoms with van der Waals surface area (Å²) >= 11 is 0. The van der Waals surface area contributed by atoms with Gasteiger partial charge in [0.15, 0.2) is 18.5 Å². The number of carbonyl (C=O) groups excluding carboxylic acids is 7. The monoisotopic (exact) mass is 1420 g/mol. The summed E-state index contributed by atoms with van der Waals surface area (Å²) < 4.78 is 109. The number of imide groups is 1. The molecule has 0 saturated carbocycles. The molecule has 4 saturated heterocycles. The Bertz CT molecular complexity index is 2980. The minimum atomic E-state index is -4.13. The van der Waals surface area contributed by atoms with Crippen LogP contribution in [0.4, 0.5) is 29.7 Å². The molecule has 5 rings (SSSR count). The quantitative estimate of drug-likeness (QED) is 0.0483. The number of amides is 6. The second-order valence-corrected chi connectivity index (χ2v) is 43.9. The molecule has 6 amide bonds. The Hall–Kier alpha value is -6.17. The molecular formula is C55H104N12O21S3Si2. The predicted octanol–water partition coefficient (Wildman–Crippen LogP) is 3.62. The maximum Gasteiger partial charge on any atom is 0.533 e. The van der Waals surface area contributed by atoms with Crippen LogP contribution in [0.1, 0.15) is 95.9 Å². The number of ether oxygens (including phenoxy) is 6. The summed E-state index contributed by atoms with van der Waals surface area (Å²) in [6.45, 7) is 39.3. The number of hydroxylamine groups is 2. The third-order valence-corrected chi connectivity index (χ3v) is 19.1. The van der Waals surface area contributed by atoms with Crippen molar-refractivity contribution >= 4 is 101 Å². The molecule has 5 heterocycles. The van der Waals surface area contributed by atoms with Crippen molar-refractivity contribution in [2.45, 2.75) is 170 Å². The Morgan fingerprint density at radius 3 is 1.38 bits per heavy atom. The highest BCUT2D eigenvalue weighted by Gasteiger charge is 2.35. The minimum Gasteiger partial charge on any atom is -0.594 e. The van der Waals surface area contributed by atoms with E-state index in [0.29, 0.717) is 24.8 Å². The molecule has 0 radical (unpaired) electrons. The zero-order chi connectivity index (χ0) is 71.9.